The van der Waals surface area contributed by atoms with Gasteiger partial charge in [-0.25, -0.2) is 0 Å². The summed E-state index contributed by atoms with van der Waals surface area (Å²) in [6, 6.07) is 0. The number of carbonyl (C=O) groups is 1. The van der Waals surface area contributed by atoms with Gasteiger partial charge >= 0.3 is 0 Å². The number of hydrogen-bond acceptors (Lipinski definition) is 2. The van der Waals surface area contributed by atoms with Crippen LogP contribution < -0.4 is 5.32 Å². The van der Waals surface area contributed by atoms with E-state index in [1.807, 2.05) is 6.92 Å². The lowest BCUT2D eigenvalue weighted by Gasteiger charge is -2.09. The number of hydrogen-bond donors (Lipinski definition) is 2. The number of aliphatic hydroxyl groups excluding tert-OH is 1. The van der Waals surface area contributed by atoms with Gasteiger partial charge < -0.3 is 10.4 Å². The van der Waals surface area contributed by atoms with E-state index in [0.717, 1.165) is 12.8 Å². The molecular weight excluding hydrogens is 202 g/mol. The van der Waals surface area contributed by atoms with Gasteiger partial charge in [-0.2, -0.15) is 0 Å². The van der Waals surface area contributed by atoms with Crippen molar-refractivity contribution in [1.82, 2.24) is 5.32 Å². The smallest absolute Gasteiger partial charge is 0.220 e. The van der Waals surface area contributed by atoms with E-state index >= 15 is 0 Å². The van der Waals surface area contributed by atoms with Gasteiger partial charge in [-0.1, -0.05) is 46.0 Å². The maximum atomic E-state index is 11.4. The Hall–Kier alpha value is -0.570. The monoisotopic (exact) mass is 229 g/mol. The fraction of sp³-hybridized carbons (Fsp3) is 0.923. The van der Waals surface area contributed by atoms with Crippen molar-refractivity contribution in [1.29, 1.82) is 0 Å². The maximum Gasteiger partial charge on any atom is 0.220 e. The van der Waals surface area contributed by atoms with E-state index in [2.05, 4.69) is 12.2 Å². The second-order valence-electron chi connectivity index (χ2n) is 4.61. The van der Waals surface area contributed by atoms with Crippen LogP contribution in [0.2, 0.25) is 0 Å². The minimum atomic E-state index is 0.121. The van der Waals surface area contributed by atoms with E-state index in [1.165, 1.54) is 25.7 Å². The largest absolute Gasteiger partial charge is 0.396 e. The first-order valence-corrected chi connectivity index (χ1v) is 6.58. The summed E-state index contributed by atoms with van der Waals surface area (Å²) < 4.78 is 0. The average Bonchev–Trinajstić information content (AvgIpc) is 2.30. The predicted molar refractivity (Wildman–Crippen MR) is 67.3 cm³/mol. The minimum Gasteiger partial charge on any atom is -0.396 e. The molecule has 0 bridgehead atoms. The molecule has 0 heterocycles. The van der Waals surface area contributed by atoms with Crippen molar-refractivity contribution in [3.05, 3.63) is 0 Å². The number of aliphatic hydroxyl groups is 1. The van der Waals surface area contributed by atoms with Crippen molar-refractivity contribution in [2.75, 3.05) is 13.2 Å². The Bertz CT molecular complexity index is 171. The third kappa shape index (κ3) is 9.97. The highest BCUT2D eigenvalue weighted by molar-refractivity contribution is 5.75. The van der Waals surface area contributed by atoms with Crippen LogP contribution in [0.4, 0.5) is 0 Å². The quantitative estimate of drug-likeness (QED) is 0.565. The molecule has 0 saturated heterocycles. The average molecular weight is 229 g/mol. The fourth-order valence-corrected chi connectivity index (χ4v) is 1.51. The molecule has 96 valence electrons. The van der Waals surface area contributed by atoms with Gasteiger partial charge in [0, 0.05) is 19.6 Å². The summed E-state index contributed by atoms with van der Waals surface area (Å²) in [5.41, 5.74) is 0. The molecule has 0 saturated carbocycles. The van der Waals surface area contributed by atoms with Crippen LogP contribution in [0.5, 0.6) is 0 Å². The van der Waals surface area contributed by atoms with E-state index in [4.69, 9.17) is 5.11 Å². The van der Waals surface area contributed by atoms with Gasteiger partial charge in [0.25, 0.3) is 0 Å². The molecule has 0 fully saturated rings. The van der Waals surface area contributed by atoms with E-state index in [1.54, 1.807) is 0 Å². The highest BCUT2D eigenvalue weighted by Crippen LogP contribution is 2.06. The third-order valence-electron chi connectivity index (χ3n) is 2.72. The summed E-state index contributed by atoms with van der Waals surface area (Å²) in [5, 5.41) is 11.6. The molecule has 1 amide bonds. The van der Waals surface area contributed by atoms with Crippen molar-refractivity contribution in [3.8, 4) is 0 Å². The zero-order chi connectivity index (χ0) is 12.2. The molecule has 0 spiro atoms. The van der Waals surface area contributed by atoms with Crippen LogP contribution >= 0.6 is 0 Å². The van der Waals surface area contributed by atoms with E-state index < -0.39 is 0 Å². The number of unbranched alkanes of at least 4 members (excludes halogenated alkanes) is 5. The van der Waals surface area contributed by atoms with Gasteiger partial charge in [0.2, 0.25) is 5.91 Å². The SMILES string of the molecule is CCCCCCCCC(=O)NCC(C)CO. The fourth-order valence-electron chi connectivity index (χ4n) is 1.51. The molecule has 0 aliphatic carbocycles. The number of amides is 1. The number of carbonyl (C=O) groups excluding carboxylic acids is 1. The number of nitrogens with one attached hydrogen (secondary N) is 1. The predicted octanol–water partition coefficient (Wildman–Crippen LogP) is 2.48. The van der Waals surface area contributed by atoms with Gasteiger partial charge in [0.05, 0.1) is 0 Å². The van der Waals surface area contributed by atoms with Crippen LogP contribution in [0, 0.1) is 5.92 Å². The Balaban J connectivity index is 3.24. The van der Waals surface area contributed by atoms with Crippen molar-refractivity contribution in [2.45, 2.75) is 58.8 Å². The molecule has 0 radical (unpaired) electrons. The van der Waals surface area contributed by atoms with E-state index in [0.29, 0.717) is 13.0 Å². The van der Waals surface area contributed by atoms with Crippen molar-refractivity contribution < 1.29 is 9.90 Å². The summed E-state index contributed by atoms with van der Waals surface area (Å²) in [6.07, 6.45) is 7.88. The van der Waals surface area contributed by atoms with Gasteiger partial charge in [-0.3, -0.25) is 4.79 Å². The Morgan fingerprint density at radius 3 is 2.44 bits per heavy atom. The van der Waals surface area contributed by atoms with Gasteiger partial charge in [-0.15, -0.1) is 0 Å². The molecule has 0 aliphatic rings. The van der Waals surface area contributed by atoms with Crippen molar-refractivity contribution in [2.24, 2.45) is 5.92 Å². The second-order valence-corrected chi connectivity index (χ2v) is 4.61. The second kappa shape index (κ2) is 10.9. The lowest BCUT2D eigenvalue weighted by Crippen LogP contribution is -2.29. The van der Waals surface area contributed by atoms with E-state index in [9.17, 15) is 4.79 Å². The molecule has 3 nitrogen and oxygen atoms in total. The Labute approximate surface area is 99.6 Å². The van der Waals surface area contributed by atoms with Crippen LogP contribution in [-0.4, -0.2) is 24.2 Å². The molecule has 1 unspecified atom stereocenters. The number of rotatable bonds is 10. The Kier molecular flexibility index (Phi) is 10.5. The van der Waals surface area contributed by atoms with Gasteiger partial charge in [0.15, 0.2) is 0 Å². The first kappa shape index (κ1) is 15.4. The maximum absolute atomic E-state index is 11.4. The first-order chi connectivity index (χ1) is 7.70. The van der Waals surface area contributed by atoms with Gasteiger partial charge in [-0.05, 0) is 12.3 Å². The molecule has 0 rings (SSSR count). The molecule has 0 aromatic carbocycles. The third-order valence-corrected chi connectivity index (χ3v) is 2.72. The molecule has 0 aromatic rings. The van der Waals surface area contributed by atoms with Gasteiger partial charge in [0.1, 0.15) is 0 Å². The standard InChI is InChI=1S/C13H27NO2/c1-3-4-5-6-7-8-9-13(16)14-10-12(2)11-15/h12,15H,3-11H2,1-2H3,(H,14,16). The van der Waals surface area contributed by atoms with Crippen LogP contribution in [-0.2, 0) is 4.79 Å². The zero-order valence-corrected chi connectivity index (χ0v) is 10.8. The van der Waals surface area contributed by atoms with E-state index in [-0.39, 0.29) is 18.4 Å². The highest BCUT2D eigenvalue weighted by Gasteiger charge is 2.03. The highest BCUT2D eigenvalue weighted by atomic mass is 16.3. The lowest BCUT2D eigenvalue weighted by atomic mass is 10.1. The lowest BCUT2D eigenvalue weighted by molar-refractivity contribution is -0.121. The van der Waals surface area contributed by atoms with Crippen molar-refractivity contribution >= 4 is 5.91 Å². The summed E-state index contributed by atoms with van der Waals surface area (Å²) in [4.78, 5) is 11.4. The van der Waals surface area contributed by atoms with Crippen LogP contribution in [0.3, 0.4) is 0 Å². The molecule has 0 aliphatic heterocycles. The summed E-state index contributed by atoms with van der Waals surface area (Å²) in [5.74, 6) is 0.282. The Morgan fingerprint density at radius 1 is 1.19 bits per heavy atom. The zero-order valence-electron chi connectivity index (χ0n) is 10.8. The van der Waals surface area contributed by atoms with Crippen LogP contribution in [0.25, 0.3) is 0 Å². The molecule has 3 heteroatoms. The topological polar surface area (TPSA) is 49.3 Å². The molecule has 1 atom stereocenters. The molecule has 0 aromatic heterocycles. The molecule has 16 heavy (non-hydrogen) atoms. The van der Waals surface area contributed by atoms with Crippen molar-refractivity contribution in [3.63, 3.8) is 0 Å². The normalized spacial score (nSPS) is 12.4. The van der Waals surface area contributed by atoms with Crippen LogP contribution in [0.15, 0.2) is 0 Å². The summed E-state index contributed by atoms with van der Waals surface area (Å²) >= 11 is 0. The first-order valence-electron chi connectivity index (χ1n) is 6.58. The Morgan fingerprint density at radius 2 is 1.81 bits per heavy atom. The molecular formula is C13H27NO2. The van der Waals surface area contributed by atoms with Crippen LogP contribution in [0.1, 0.15) is 58.8 Å². The molecule has 2 N–H and O–H groups in total. The minimum absolute atomic E-state index is 0.121. The summed E-state index contributed by atoms with van der Waals surface area (Å²) in [6.45, 7) is 4.85. The summed E-state index contributed by atoms with van der Waals surface area (Å²) in [7, 11) is 0.